The van der Waals surface area contributed by atoms with Crippen molar-refractivity contribution >= 4 is 85.9 Å². The Hall–Kier alpha value is -6.06. The van der Waals surface area contributed by atoms with Gasteiger partial charge in [-0.05, 0) is 105 Å². The van der Waals surface area contributed by atoms with E-state index in [0.717, 1.165) is 0 Å². The van der Waals surface area contributed by atoms with Crippen LogP contribution in [0.2, 0.25) is 0 Å². The number of benzene rings is 9. The number of rotatable bonds is 4. The summed E-state index contributed by atoms with van der Waals surface area (Å²) < 4.78 is 2.64. The van der Waals surface area contributed by atoms with Gasteiger partial charge >= 0.3 is 0 Å². The van der Waals surface area contributed by atoms with Crippen molar-refractivity contribution in [3.63, 3.8) is 0 Å². The highest BCUT2D eigenvalue weighted by Crippen LogP contribution is 2.51. The van der Waals surface area contributed by atoms with Crippen molar-refractivity contribution in [3.05, 3.63) is 181 Å². The van der Waals surface area contributed by atoms with Crippen LogP contribution in [0.15, 0.2) is 181 Å². The molecule has 0 radical (unpaired) electrons. The molecule has 0 aliphatic rings. The van der Waals surface area contributed by atoms with E-state index in [0.29, 0.717) is 0 Å². The van der Waals surface area contributed by atoms with Crippen LogP contribution < -0.4 is 0 Å². The molecule has 2 aromatic heterocycles. The second-order valence-electron chi connectivity index (χ2n) is 13.5. The molecule has 0 spiro atoms. The highest BCUT2D eigenvalue weighted by molar-refractivity contribution is 7.26. The molecule has 0 amide bonds. The summed E-state index contributed by atoms with van der Waals surface area (Å²) in [4.78, 5) is 0. The van der Waals surface area contributed by atoms with E-state index in [2.05, 4.69) is 181 Å². The predicted molar refractivity (Wildman–Crippen MR) is 229 cm³/mol. The van der Waals surface area contributed by atoms with E-state index in [-0.39, 0.29) is 0 Å². The summed E-state index contributed by atoms with van der Waals surface area (Å²) in [5.41, 5.74) is 10.3. The van der Waals surface area contributed by atoms with E-state index in [1.807, 2.05) is 11.3 Å². The van der Waals surface area contributed by atoms with Crippen LogP contribution in [0.5, 0.6) is 0 Å². The largest absolute Gasteiger partial charge is 0.152 e. The first-order valence-corrected chi connectivity index (χ1v) is 19.5. The lowest BCUT2D eigenvalue weighted by Gasteiger charge is -2.18. The molecule has 0 nitrogen and oxygen atoms in total. The van der Waals surface area contributed by atoms with Gasteiger partial charge in [-0.15, -0.1) is 11.3 Å². The van der Waals surface area contributed by atoms with Gasteiger partial charge in [0.25, 0.3) is 0 Å². The van der Waals surface area contributed by atoms with Crippen molar-refractivity contribution in [3.8, 4) is 44.5 Å². The molecule has 52 heavy (non-hydrogen) atoms. The van der Waals surface area contributed by atoms with Crippen LogP contribution >= 0.6 is 22.7 Å². The number of hydrogen-bond donors (Lipinski definition) is 0. The zero-order valence-corrected chi connectivity index (χ0v) is 29.8. The van der Waals surface area contributed by atoms with Crippen LogP contribution in [0.4, 0.5) is 0 Å². The summed E-state index contributed by atoms with van der Waals surface area (Å²) in [5, 5.41) is 17.4. The molecule has 0 bridgehead atoms. The highest BCUT2D eigenvalue weighted by atomic mass is 32.1. The van der Waals surface area contributed by atoms with Crippen molar-refractivity contribution < 1.29 is 0 Å². The summed E-state index contributed by atoms with van der Waals surface area (Å²) in [6, 6.07) is 62.9. The first kappa shape index (κ1) is 29.6. The Morgan fingerprint density at radius 3 is 1.29 bits per heavy atom. The van der Waals surface area contributed by atoms with Crippen molar-refractivity contribution in [1.29, 1.82) is 0 Å². The van der Waals surface area contributed by atoms with Crippen molar-refractivity contribution in [2.45, 2.75) is 0 Å². The molecule has 0 N–H and O–H groups in total. The van der Waals surface area contributed by atoms with E-state index < -0.39 is 0 Å². The molecule has 0 saturated heterocycles. The third-order valence-corrected chi connectivity index (χ3v) is 12.7. The average molecular weight is 695 g/mol. The maximum atomic E-state index is 2.35. The predicted octanol–water partition coefficient (Wildman–Crippen LogP) is 15.4. The molecule has 2 heteroatoms. The minimum absolute atomic E-state index is 1.25. The van der Waals surface area contributed by atoms with Crippen molar-refractivity contribution in [2.24, 2.45) is 0 Å². The normalized spacial score (nSPS) is 11.8. The fraction of sp³-hybridized carbons (Fsp3) is 0. The van der Waals surface area contributed by atoms with Crippen LogP contribution in [0.1, 0.15) is 0 Å². The maximum Gasteiger partial charge on any atom is 0.0434 e. The third kappa shape index (κ3) is 4.32. The van der Waals surface area contributed by atoms with Crippen LogP contribution in [0.3, 0.4) is 0 Å². The lowest BCUT2D eigenvalue weighted by Crippen LogP contribution is -1.91. The zero-order chi connectivity index (χ0) is 34.2. The molecule has 0 fully saturated rings. The second kappa shape index (κ2) is 11.7. The Morgan fingerprint density at radius 2 is 0.750 bits per heavy atom. The number of hydrogen-bond acceptors (Lipinski definition) is 2. The van der Waals surface area contributed by atoms with Crippen molar-refractivity contribution in [1.82, 2.24) is 0 Å². The minimum Gasteiger partial charge on any atom is -0.152 e. The van der Waals surface area contributed by atoms with E-state index >= 15 is 0 Å². The Labute approximate surface area is 309 Å². The summed E-state index contributed by atoms with van der Waals surface area (Å²) >= 11 is 3.68. The molecule has 11 rings (SSSR count). The quantitative estimate of drug-likeness (QED) is 0.161. The maximum absolute atomic E-state index is 2.35. The standard InChI is InChI=1S/C50H30S2/c1-2-14-31(15-3-1)45-33-16-4-8-20-37(33)47(38-21-9-5-17-34(38)45)41-24-13-27-44-49(41)43-26-12-25-42(50(43)52-44)48-39-22-10-6-18-35(39)46(32-28-29-51-30-32)36-19-7-11-23-40(36)48/h1-30H. The van der Waals surface area contributed by atoms with Gasteiger partial charge in [0.05, 0.1) is 0 Å². The molecular weight excluding hydrogens is 665 g/mol. The molecule has 0 aliphatic heterocycles. The Bertz CT molecular complexity index is 3050. The molecule has 0 unspecified atom stereocenters. The lowest BCUT2D eigenvalue weighted by atomic mass is 9.84. The summed E-state index contributed by atoms with van der Waals surface area (Å²) in [6.07, 6.45) is 0. The molecule has 9 aromatic carbocycles. The molecule has 11 aromatic rings. The first-order chi connectivity index (χ1) is 25.8. The molecular formula is C50H30S2. The third-order valence-electron chi connectivity index (χ3n) is 10.8. The second-order valence-corrected chi connectivity index (χ2v) is 15.4. The van der Waals surface area contributed by atoms with Gasteiger partial charge in [0.1, 0.15) is 0 Å². The van der Waals surface area contributed by atoms with Crippen LogP contribution in [0, 0.1) is 0 Å². The first-order valence-electron chi connectivity index (χ1n) is 17.7. The smallest absolute Gasteiger partial charge is 0.0434 e. The van der Waals surface area contributed by atoms with Gasteiger partial charge in [-0.1, -0.05) is 158 Å². The summed E-state index contributed by atoms with van der Waals surface area (Å²) in [7, 11) is 0. The monoisotopic (exact) mass is 694 g/mol. The molecule has 242 valence electrons. The lowest BCUT2D eigenvalue weighted by molar-refractivity contribution is 1.67. The van der Waals surface area contributed by atoms with Gasteiger partial charge in [0.2, 0.25) is 0 Å². The van der Waals surface area contributed by atoms with Crippen molar-refractivity contribution in [2.75, 3.05) is 0 Å². The molecule has 2 heterocycles. The summed E-state index contributed by atoms with van der Waals surface area (Å²) in [6.45, 7) is 0. The topological polar surface area (TPSA) is 0 Å². The molecule has 0 saturated carbocycles. The van der Waals surface area contributed by atoms with E-state index in [9.17, 15) is 0 Å². The van der Waals surface area contributed by atoms with Gasteiger partial charge in [-0.2, -0.15) is 11.3 Å². The van der Waals surface area contributed by atoms with Crippen LogP contribution in [0.25, 0.3) is 108 Å². The highest BCUT2D eigenvalue weighted by Gasteiger charge is 2.22. The zero-order valence-electron chi connectivity index (χ0n) is 28.1. The average Bonchev–Trinajstić information content (AvgIpc) is 3.88. The SMILES string of the molecule is c1ccc(-c2c3ccccc3c(-c3cccc4sc5c(-c6c7ccccc7c(-c7ccsc7)c7ccccc67)cccc5c34)c3ccccc23)cc1. The van der Waals surface area contributed by atoms with E-state index in [1.54, 1.807) is 11.3 Å². The molecule has 0 atom stereocenters. The van der Waals surface area contributed by atoms with Gasteiger partial charge in [0, 0.05) is 25.7 Å². The van der Waals surface area contributed by atoms with Gasteiger partial charge in [0.15, 0.2) is 0 Å². The summed E-state index contributed by atoms with van der Waals surface area (Å²) in [5.74, 6) is 0. The van der Waals surface area contributed by atoms with Gasteiger partial charge in [-0.25, -0.2) is 0 Å². The Morgan fingerprint density at radius 1 is 0.308 bits per heavy atom. The number of thiophene rings is 2. The minimum atomic E-state index is 1.25. The van der Waals surface area contributed by atoms with E-state index in [1.165, 1.54) is 108 Å². The number of fused-ring (bicyclic) bond motifs is 7. The van der Waals surface area contributed by atoms with Gasteiger partial charge < -0.3 is 0 Å². The molecule has 0 aliphatic carbocycles. The Kier molecular flexibility index (Phi) is 6.70. The Balaban J connectivity index is 1.25. The van der Waals surface area contributed by atoms with Crippen LogP contribution in [-0.4, -0.2) is 0 Å². The fourth-order valence-corrected chi connectivity index (χ4v) is 10.6. The van der Waals surface area contributed by atoms with E-state index in [4.69, 9.17) is 0 Å². The fourth-order valence-electron chi connectivity index (χ4n) is 8.72. The van der Waals surface area contributed by atoms with Gasteiger partial charge in [-0.3, -0.25) is 0 Å². The van der Waals surface area contributed by atoms with Crippen LogP contribution in [-0.2, 0) is 0 Å².